The molecule has 0 radical (unpaired) electrons. The van der Waals surface area contributed by atoms with E-state index in [2.05, 4.69) is 0 Å². The number of anilines is 1. The second-order valence-electron chi connectivity index (χ2n) is 9.57. The Kier molecular flexibility index (Phi) is 9.14. The number of methoxy groups -OCH3 is 5. The molecule has 0 aliphatic carbocycles. The molecule has 3 aliphatic rings. The molecule has 0 N–H and O–H groups in total. The van der Waals surface area contributed by atoms with Gasteiger partial charge < -0.3 is 23.7 Å². The number of amides is 1. The lowest BCUT2D eigenvalue weighted by Gasteiger charge is -2.50. The topological polar surface area (TPSA) is 135 Å². The van der Waals surface area contributed by atoms with Crippen LogP contribution in [0, 0.1) is 0 Å². The summed E-state index contributed by atoms with van der Waals surface area (Å²) in [5, 5.41) is 0. The minimum absolute atomic E-state index is 0.124. The number of rotatable bonds is 6. The van der Waals surface area contributed by atoms with Gasteiger partial charge in [0.2, 0.25) is 0 Å². The number of carbonyl (C=O) groups excluding carboxylic acids is 5. The zero-order valence-electron chi connectivity index (χ0n) is 24.6. The first-order valence-corrected chi connectivity index (χ1v) is 15.1. The molecule has 1 aromatic rings. The van der Waals surface area contributed by atoms with Crippen LogP contribution in [-0.4, -0.2) is 75.0 Å². The second-order valence-corrected chi connectivity index (χ2v) is 13.3. The standard InChI is InChI=1S/C29H29NO10S3/c1-9-10-17(31)30-16-12-11-14(36-4)13-15(16)18-23(28(30,2)3)41-20(25(33)38-6)19(24(32)37-5)29(18)42-21(26(34)39-7)22(43-29)27(35)40-8/h9-13H,1-8H3/b10-9+. The molecule has 1 aromatic carbocycles. The van der Waals surface area contributed by atoms with E-state index in [0.717, 1.165) is 56.6 Å². The normalized spacial score (nSPS) is 18.4. The van der Waals surface area contributed by atoms with Gasteiger partial charge in [0.25, 0.3) is 5.91 Å². The number of benzene rings is 1. The summed E-state index contributed by atoms with van der Waals surface area (Å²) in [6.45, 7) is 5.32. The molecule has 4 rings (SSSR count). The lowest BCUT2D eigenvalue weighted by atomic mass is 9.83. The van der Waals surface area contributed by atoms with Gasteiger partial charge in [0.15, 0.2) is 0 Å². The Labute approximate surface area is 261 Å². The lowest BCUT2D eigenvalue weighted by Crippen LogP contribution is -2.53. The SMILES string of the molecule is C/C=C/C(=O)N1c2ccc(OC)cc2C2=C(SC(C(=O)OC)=C(C(=O)OC)C23SC(C(=O)OC)=C(C(=O)OC)S3)C1(C)C. The lowest BCUT2D eigenvalue weighted by molar-refractivity contribution is -0.138. The second kappa shape index (κ2) is 12.2. The largest absolute Gasteiger partial charge is 0.497 e. The molecule has 3 heterocycles. The summed E-state index contributed by atoms with van der Waals surface area (Å²) in [4.78, 5) is 68.6. The highest BCUT2D eigenvalue weighted by Gasteiger charge is 2.61. The molecule has 0 aromatic heterocycles. The van der Waals surface area contributed by atoms with Crippen molar-refractivity contribution in [2.75, 3.05) is 40.4 Å². The molecule has 11 nitrogen and oxygen atoms in total. The van der Waals surface area contributed by atoms with E-state index in [1.54, 1.807) is 49.9 Å². The fourth-order valence-electron chi connectivity index (χ4n) is 5.03. The predicted octanol–water partition coefficient (Wildman–Crippen LogP) is 4.19. The van der Waals surface area contributed by atoms with Gasteiger partial charge in [-0.25, -0.2) is 19.2 Å². The molecule has 0 atom stereocenters. The summed E-state index contributed by atoms with van der Waals surface area (Å²) in [6.07, 6.45) is 3.04. The Morgan fingerprint density at radius 2 is 1.33 bits per heavy atom. The fourth-order valence-corrected chi connectivity index (χ4v) is 10.1. The Balaban J connectivity index is 2.20. The number of esters is 4. The molecule has 0 saturated carbocycles. The summed E-state index contributed by atoms with van der Waals surface area (Å²) in [6, 6.07) is 5.12. The molecular weight excluding hydrogens is 619 g/mol. The molecule has 14 heteroatoms. The highest BCUT2D eigenvalue weighted by Crippen LogP contribution is 2.71. The zero-order chi connectivity index (χ0) is 31.9. The van der Waals surface area contributed by atoms with Crippen LogP contribution >= 0.6 is 35.3 Å². The number of hydrogen-bond donors (Lipinski definition) is 0. The summed E-state index contributed by atoms with van der Waals surface area (Å²) >= 11 is 2.68. The predicted molar refractivity (Wildman–Crippen MR) is 164 cm³/mol. The van der Waals surface area contributed by atoms with E-state index in [1.807, 2.05) is 0 Å². The fraction of sp³-hybridized carbons (Fsp3) is 0.345. The minimum atomic E-state index is -1.67. The van der Waals surface area contributed by atoms with Gasteiger partial charge >= 0.3 is 23.9 Å². The van der Waals surface area contributed by atoms with E-state index < -0.39 is 33.5 Å². The Morgan fingerprint density at radius 3 is 1.81 bits per heavy atom. The first kappa shape index (κ1) is 32.3. The van der Waals surface area contributed by atoms with Crippen molar-refractivity contribution in [2.45, 2.75) is 30.4 Å². The van der Waals surface area contributed by atoms with Crippen LogP contribution in [0.5, 0.6) is 5.75 Å². The molecule has 228 valence electrons. The number of nitrogens with zero attached hydrogens (tertiary/aromatic N) is 1. The van der Waals surface area contributed by atoms with Gasteiger partial charge in [-0.2, -0.15) is 0 Å². The van der Waals surface area contributed by atoms with E-state index in [-0.39, 0.29) is 26.2 Å². The molecular formula is C29H29NO10S3. The summed E-state index contributed by atoms with van der Waals surface area (Å²) in [5.74, 6) is -3.31. The van der Waals surface area contributed by atoms with Gasteiger partial charge in [-0.15, -0.1) is 0 Å². The van der Waals surface area contributed by atoms with Crippen molar-refractivity contribution in [3.63, 3.8) is 0 Å². The first-order chi connectivity index (χ1) is 20.4. The quantitative estimate of drug-likeness (QED) is 0.248. The monoisotopic (exact) mass is 647 g/mol. The smallest absolute Gasteiger partial charge is 0.345 e. The summed E-state index contributed by atoms with van der Waals surface area (Å²) < 4.78 is 24.2. The van der Waals surface area contributed by atoms with Crippen LogP contribution in [0.15, 0.2) is 55.5 Å². The molecule has 1 spiro atoms. The average Bonchev–Trinajstić information content (AvgIpc) is 3.39. The molecule has 3 aliphatic heterocycles. The van der Waals surface area contributed by atoms with Crippen molar-refractivity contribution in [1.29, 1.82) is 0 Å². The number of allylic oxidation sites excluding steroid dienone is 1. The molecule has 0 unspecified atom stereocenters. The minimum Gasteiger partial charge on any atom is -0.497 e. The van der Waals surface area contributed by atoms with Crippen LogP contribution in [0.3, 0.4) is 0 Å². The molecule has 0 bridgehead atoms. The van der Waals surface area contributed by atoms with Crippen LogP contribution in [-0.2, 0) is 42.9 Å². The first-order valence-electron chi connectivity index (χ1n) is 12.7. The number of hydrogen-bond acceptors (Lipinski definition) is 13. The van der Waals surface area contributed by atoms with Crippen LogP contribution in [0.1, 0.15) is 26.3 Å². The summed E-state index contributed by atoms with van der Waals surface area (Å²) in [7, 11) is 6.13. The number of fused-ring (bicyclic) bond motifs is 3. The van der Waals surface area contributed by atoms with Crippen molar-refractivity contribution in [2.24, 2.45) is 0 Å². The van der Waals surface area contributed by atoms with E-state index in [0.29, 0.717) is 27.5 Å². The average molecular weight is 648 g/mol. The third kappa shape index (κ3) is 5.04. The maximum absolute atomic E-state index is 13.7. The highest BCUT2D eigenvalue weighted by molar-refractivity contribution is 8.26. The number of ether oxygens (including phenoxy) is 5. The van der Waals surface area contributed by atoms with Crippen molar-refractivity contribution in [3.05, 3.63) is 61.1 Å². The van der Waals surface area contributed by atoms with Gasteiger partial charge in [-0.1, -0.05) is 41.4 Å². The van der Waals surface area contributed by atoms with E-state index in [4.69, 9.17) is 23.7 Å². The molecule has 0 fully saturated rings. The van der Waals surface area contributed by atoms with E-state index >= 15 is 0 Å². The summed E-state index contributed by atoms with van der Waals surface area (Å²) in [5.41, 5.74) is 0.139. The zero-order valence-corrected chi connectivity index (χ0v) is 27.1. The number of carbonyl (C=O) groups is 5. The molecule has 1 amide bonds. The van der Waals surface area contributed by atoms with Gasteiger partial charge in [0.1, 0.15) is 24.5 Å². The maximum atomic E-state index is 13.7. The van der Waals surface area contributed by atoms with Gasteiger partial charge in [0, 0.05) is 16.0 Å². The Morgan fingerprint density at radius 1 is 0.791 bits per heavy atom. The van der Waals surface area contributed by atoms with Crippen molar-refractivity contribution in [1.82, 2.24) is 0 Å². The Bertz CT molecular complexity index is 1540. The van der Waals surface area contributed by atoms with Crippen molar-refractivity contribution >= 4 is 76.3 Å². The van der Waals surface area contributed by atoms with Crippen molar-refractivity contribution < 1.29 is 47.7 Å². The van der Waals surface area contributed by atoms with E-state index in [1.165, 1.54) is 20.3 Å². The third-order valence-electron chi connectivity index (χ3n) is 6.87. The van der Waals surface area contributed by atoms with Crippen molar-refractivity contribution in [3.8, 4) is 5.75 Å². The molecule has 43 heavy (non-hydrogen) atoms. The number of thioether (sulfide) groups is 3. The van der Waals surface area contributed by atoms with Crippen LogP contribution < -0.4 is 9.64 Å². The Hall–Kier alpha value is -3.62. The van der Waals surface area contributed by atoms with Gasteiger partial charge in [0.05, 0.1) is 52.3 Å². The van der Waals surface area contributed by atoms with Crippen LogP contribution in [0.2, 0.25) is 0 Å². The van der Waals surface area contributed by atoms with Crippen LogP contribution in [0.25, 0.3) is 5.57 Å². The molecule has 0 saturated heterocycles. The van der Waals surface area contributed by atoms with E-state index in [9.17, 15) is 24.0 Å². The van der Waals surface area contributed by atoms with Gasteiger partial charge in [-0.05, 0) is 45.0 Å². The van der Waals surface area contributed by atoms with Gasteiger partial charge in [-0.3, -0.25) is 9.69 Å². The maximum Gasteiger partial charge on any atom is 0.345 e. The van der Waals surface area contributed by atoms with Crippen LogP contribution in [0.4, 0.5) is 5.69 Å². The highest BCUT2D eigenvalue weighted by atomic mass is 32.2. The third-order valence-corrected chi connectivity index (χ3v) is 11.5.